The van der Waals surface area contributed by atoms with Crippen molar-refractivity contribution < 1.29 is 13.2 Å². The van der Waals surface area contributed by atoms with E-state index in [0.717, 1.165) is 37.4 Å². The van der Waals surface area contributed by atoms with Crippen LogP contribution in [0.2, 0.25) is 0 Å². The van der Waals surface area contributed by atoms with E-state index in [1.807, 2.05) is 7.05 Å². The van der Waals surface area contributed by atoms with Crippen molar-refractivity contribution in [1.29, 1.82) is 0 Å². The topological polar surface area (TPSA) is 12.0 Å². The third-order valence-corrected chi connectivity index (χ3v) is 3.34. The van der Waals surface area contributed by atoms with Crippen LogP contribution in [0.25, 0.3) is 0 Å². The molecule has 94 valence electrons. The summed E-state index contributed by atoms with van der Waals surface area (Å²) in [6, 6.07) is 5.68. The molecular formula is C13H16F3N. The minimum Gasteiger partial charge on any atom is -0.319 e. The molecule has 0 saturated heterocycles. The monoisotopic (exact) mass is 243 g/mol. The summed E-state index contributed by atoms with van der Waals surface area (Å²) in [6.07, 6.45) is -1.30. The van der Waals surface area contributed by atoms with E-state index >= 15 is 0 Å². The Balaban J connectivity index is 2.12. The van der Waals surface area contributed by atoms with Gasteiger partial charge in [0.15, 0.2) is 0 Å². The van der Waals surface area contributed by atoms with Gasteiger partial charge in [-0.1, -0.05) is 18.2 Å². The van der Waals surface area contributed by atoms with Crippen molar-refractivity contribution in [2.45, 2.75) is 25.4 Å². The average Bonchev–Trinajstić information content (AvgIpc) is 2.97. The van der Waals surface area contributed by atoms with E-state index in [1.54, 1.807) is 6.07 Å². The molecule has 0 aromatic heterocycles. The van der Waals surface area contributed by atoms with E-state index < -0.39 is 11.7 Å². The fourth-order valence-electron chi connectivity index (χ4n) is 2.26. The first kappa shape index (κ1) is 12.4. The quantitative estimate of drug-likeness (QED) is 0.856. The van der Waals surface area contributed by atoms with Crippen LogP contribution in [0.5, 0.6) is 0 Å². The zero-order valence-corrected chi connectivity index (χ0v) is 9.77. The largest absolute Gasteiger partial charge is 0.416 e. The van der Waals surface area contributed by atoms with E-state index in [0.29, 0.717) is 0 Å². The number of alkyl halides is 3. The molecule has 1 N–H and O–H groups in total. The summed E-state index contributed by atoms with van der Waals surface area (Å²) in [5, 5.41) is 3.11. The fraction of sp³-hybridized carbons (Fsp3) is 0.538. The van der Waals surface area contributed by atoms with Crippen molar-refractivity contribution in [2.75, 3.05) is 13.6 Å². The van der Waals surface area contributed by atoms with Crippen LogP contribution < -0.4 is 5.32 Å². The number of hydrogen-bond acceptors (Lipinski definition) is 1. The first-order valence-corrected chi connectivity index (χ1v) is 5.76. The third kappa shape index (κ3) is 3.00. The second-order valence-electron chi connectivity index (χ2n) is 4.91. The molecule has 1 aromatic rings. The van der Waals surface area contributed by atoms with Gasteiger partial charge in [0.2, 0.25) is 0 Å². The maximum atomic E-state index is 12.6. The minimum absolute atomic E-state index is 0.193. The van der Waals surface area contributed by atoms with Crippen LogP contribution in [0.3, 0.4) is 0 Å². The summed E-state index contributed by atoms with van der Waals surface area (Å²) in [6.45, 7) is 0.878. The van der Waals surface area contributed by atoms with Crippen LogP contribution in [-0.4, -0.2) is 13.6 Å². The van der Waals surface area contributed by atoms with Crippen LogP contribution in [-0.2, 0) is 12.6 Å². The van der Waals surface area contributed by atoms with Gasteiger partial charge in [0.05, 0.1) is 5.56 Å². The van der Waals surface area contributed by atoms with Crippen molar-refractivity contribution in [3.05, 3.63) is 35.4 Å². The van der Waals surface area contributed by atoms with Gasteiger partial charge in [0.25, 0.3) is 0 Å². The van der Waals surface area contributed by atoms with Gasteiger partial charge in [-0.25, -0.2) is 0 Å². The summed E-state index contributed by atoms with van der Waals surface area (Å²) in [4.78, 5) is 0. The average molecular weight is 243 g/mol. The van der Waals surface area contributed by atoms with E-state index in [1.165, 1.54) is 12.1 Å². The Labute approximate surface area is 99.0 Å². The molecule has 0 radical (unpaired) electrons. The lowest BCUT2D eigenvalue weighted by atomic mass is 9.95. The highest BCUT2D eigenvalue weighted by atomic mass is 19.4. The summed E-state index contributed by atoms with van der Waals surface area (Å²) in [7, 11) is 1.88. The lowest BCUT2D eigenvalue weighted by Gasteiger charge is -2.15. The Hall–Kier alpha value is -1.03. The van der Waals surface area contributed by atoms with Gasteiger partial charge in [-0.3, -0.25) is 0 Å². The third-order valence-electron chi connectivity index (χ3n) is 3.34. The summed E-state index contributed by atoms with van der Waals surface area (Å²) < 4.78 is 37.7. The number of rotatable bonds is 4. The number of halogens is 3. The van der Waals surface area contributed by atoms with Crippen molar-refractivity contribution in [1.82, 2.24) is 5.32 Å². The SMILES string of the molecule is CNCC1(Cc2cccc(C(F)(F)F)c2)CC1. The first-order valence-electron chi connectivity index (χ1n) is 5.76. The smallest absolute Gasteiger partial charge is 0.319 e. The van der Waals surface area contributed by atoms with Gasteiger partial charge in [0.1, 0.15) is 0 Å². The summed E-state index contributed by atoms with van der Waals surface area (Å²) in [5.41, 5.74) is 0.432. The molecule has 0 aliphatic heterocycles. The standard InChI is InChI=1S/C13H16F3N/c1-17-9-12(5-6-12)8-10-3-2-4-11(7-10)13(14,15)16/h2-4,7,17H,5-6,8-9H2,1H3. The lowest BCUT2D eigenvalue weighted by Crippen LogP contribution is -2.22. The Kier molecular flexibility index (Phi) is 3.17. The highest BCUT2D eigenvalue weighted by Gasteiger charge is 2.42. The highest BCUT2D eigenvalue weighted by Crippen LogP contribution is 2.48. The molecule has 4 heteroatoms. The van der Waals surface area contributed by atoms with E-state index in [4.69, 9.17) is 0 Å². The predicted octanol–water partition coefficient (Wildman–Crippen LogP) is 3.25. The summed E-state index contributed by atoms with van der Waals surface area (Å²) in [5.74, 6) is 0. The second-order valence-corrected chi connectivity index (χ2v) is 4.91. The fourth-order valence-corrected chi connectivity index (χ4v) is 2.26. The zero-order valence-electron chi connectivity index (χ0n) is 9.77. The van der Waals surface area contributed by atoms with Crippen molar-refractivity contribution in [3.63, 3.8) is 0 Å². The van der Waals surface area contributed by atoms with Crippen LogP contribution >= 0.6 is 0 Å². The Morgan fingerprint density at radius 3 is 2.53 bits per heavy atom. The minimum atomic E-state index is -4.24. The summed E-state index contributed by atoms with van der Waals surface area (Å²) >= 11 is 0. The van der Waals surface area contributed by atoms with Crippen molar-refractivity contribution >= 4 is 0 Å². The number of nitrogens with one attached hydrogen (secondary N) is 1. The molecule has 1 fully saturated rings. The number of hydrogen-bond donors (Lipinski definition) is 1. The molecule has 1 nitrogen and oxygen atoms in total. The molecule has 0 unspecified atom stereocenters. The van der Waals surface area contributed by atoms with E-state index in [-0.39, 0.29) is 5.41 Å². The second kappa shape index (κ2) is 4.33. The molecule has 0 bridgehead atoms. The van der Waals surface area contributed by atoms with Crippen LogP contribution in [0.1, 0.15) is 24.0 Å². The van der Waals surface area contributed by atoms with Crippen molar-refractivity contribution in [2.24, 2.45) is 5.41 Å². The van der Waals surface area contributed by atoms with E-state index in [9.17, 15) is 13.2 Å². The maximum Gasteiger partial charge on any atom is 0.416 e. The molecular weight excluding hydrogens is 227 g/mol. The van der Waals surface area contributed by atoms with Crippen LogP contribution in [0.15, 0.2) is 24.3 Å². The molecule has 1 aromatic carbocycles. The van der Waals surface area contributed by atoms with Gasteiger partial charge in [-0.05, 0) is 43.4 Å². The Morgan fingerprint density at radius 1 is 1.29 bits per heavy atom. The van der Waals surface area contributed by atoms with Gasteiger partial charge in [0, 0.05) is 6.54 Å². The molecule has 1 aliphatic carbocycles. The Morgan fingerprint density at radius 2 is 2.00 bits per heavy atom. The maximum absolute atomic E-state index is 12.6. The Bertz CT molecular complexity index is 394. The molecule has 0 atom stereocenters. The van der Waals surface area contributed by atoms with Gasteiger partial charge in [-0.15, -0.1) is 0 Å². The normalized spacial score (nSPS) is 18.1. The first-order chi connectivity index (χ1) is 7.95. The lowest BCUT2D eigenvalue weighted by molar-refractivity contribution is -0.137. The molecule has 0 amide bonds. The molecule has 1 aliphatic rings. The van der Waals surface area contributed by atoms with Crippen LogP contribution in [0.4, 0.5) is 13.2 Å². The zero-order chi connectivity index (χ0) is 12.5. The molecule has 0 spiro atoms. The highest BCUT2D eigenvalue weighted by molar-refractivity contribution is 5.27. The predicted molar refractivity (Wildman–Crippen MR) is 60.7 cm³/mol. The van der Waals surface area contributed by atoms with E-state index in [2.05, 4.69) is 5.32 Å². The van der Waals surface area contributed by atoms with Gasteiger partial charge in [-0.2, -0.15) is 13.2 Å². The number of benzene rings is 1. The van der Waals surface area contributed by atoms with Gasteiger partial charge >= 0.3 is 6.18 Å². The van der Waals surface area contributed by atoms with Gasteiger partial charge < -0.3 is 5.32 Å². The van der Waals surface area contributed by atoms with Crippen molar-refractivity contribution in [3.8, 4) is 0 Å². The molecule has 17 heavy (non-hydrogen) atoms. The molecule has 2 rings (SSSR count). The molecule has 1 saturated carbocycles. The molecule has 0 heterocycles. The van der Waals surface area contributed by atoms with Crippen LogP contribution in [0, 0.1) is 5.41 Å².